The zero-order chi connectivity index (χ0) is 15.6. The first-order valence-electron chi connectivity index (χ1n) is 6.32. The van der Waals surface area contributed by atoms with Gasteiger partial charge in [0.15, 0.2) is 0 Å². The molecule has 2 rings (SSSR count). The average molecular weight is 311 g/mol. The molecule has 1 atom stereocenters. The van der Waals surface area contributed by atoms with Crippen molar-refractivity contribution >= 4 is 17.2 Å². The highest BCUT2D eigenvalue weighted by molar-refractivity contribution is 7.13. The molecule has 2 N–H and O–H groups in total. The molecule has 1 aromatic carbocycles. The fourth-order valence-corrected chi connectivity index (χ4v) is 2.70. The molecule has 0 fully saturated rings. The lowest BCUT2D eigenvalue weighted by molar-refractivity contribution is 0.0495. The predicted molar refractivity (Wildman–Crippen MR) is 77.3 cm³/mol. The van der Waals surface area contributed by atoms with E-state index < -0.39 is 17.2 Å². The molecule has 0 saturated carbocycles. The van der Waals surface area contributed by atoms with Crippen molar-refractivity contribution in [3.8, 4) is 0 Å². The Bertz CT molecular complexity index is 667. The Morgan fingerprint density at radius 3 is 2.62 bits per heavy atom. The lowest BCUT2D eigenvalue weighted by Gasteiger charge is -2.24. The highest BCUT2D eigenvalue weighted by Gasteiger charge is 2.27. The first-order valence-corrected chi connectivity index (χ1v) is 7.14. The summed E-state index contributed by atoms with van der Waals surface area (Å²) in [5.74, 6) is -1.90. The van der Waals surface area contributed by atoms with Crippen LogP contribution in [0.3, 0.4) is 0 Å². The SMILES string of the molecule is Cc1ccc(C(=O)NCC(C)(O)c2ccc(F)cc2F)s1. The molecule has 112 valence electrons. The number of halogens is 2. The molecule has 1 aromatic heterocycles. The molecule has 1 unspecified atom stereocenters. The van der Waals surface area contributed by atoms with E-state index in [4.69, 9.17) is 0 Å². The van der Waals surface area contributed by atoms with Gasteiger partial charge in [0, 0.05) is 16.5 Å². The first-order chi connectivity index (χ1) is 9.79. The van der Waals surface area contributed by atoms with Crippen molar-refractivity contribution in [2.45, 2.75) is 19.4 Å². The van der Waals surface area contributed by atoms with Crippen molar-refractivity contribution in [2.24, 2.45) is 0 Å². The number of carbonyl (C=O) groups is 1. The Morgan fingerprint density at radius 1 is 1.33 bits per heavy atom. The van der Waals surface area contributed by atoms with Crippen molar-refractivity contribution in [2.75, 3.05) is 6.54 Å². The summed E-state index contributed by atoms with van der Waals surface area (Å²) in [6.07, 6.45) is 0. The minimum atomic E-state index is -1.63. The second kappa shape index (κ2) is 5.91. The van der Waals surface area contributed by atoms with Crippen molar-refractivity contribution in [3.63, 3.8) is 0 Å². The summed E-state index contributed by atoms with van der Waals surface area (Å²) in [6.45, 7) is 3.07. The van der Waals surface area contributed by atoms with Crippen LogP contribution in [0.25, 0.3) is 0 Å². The fourth-order valence-electron chi connectivity index (χ4n) is 1.92. The number of rotatable bonds is 4. The standard InChI is InChI=1S/C15H15F2NO2S/c1-9-3-6-13(21-9)14(19)18-8-15(2,20)11-5-4-10(16)7-12(11)17/h3-7,20H,8H2,1-2H3,(H,18,19). The Morgan fingerprint density at radius 2 is 2.05 bits per heavy atom. The van der Waals surface area contributed by atoms with Crippen molar-refractivity contribution in [1.29, 1.82) is 0 Å². The van der Waals surface area contributed by atoms with Gasteiger partial charge in [-0.25, -0.2) is 8.78 Å². The van der Waals surface area contributed by atoms with E-state index in [1.807, 2.05) is 13.0 Å². The maximum atomic E-state index is 13.7. The van der Waals surface area contributed by atoms with Crippen molar-refractivity contribution in [3.05, 3.63) is 57.3 Å². The molecule has 0 aliphatic rings. The zero-order valence-electron chi connectivity index (χ0n) is 11.6. The third-order valence-corrected chi connectivity index (χ3v) is 4.07. The Balaban J connectivity index is 2.09. The highest BCUT2D eigenvalue weighted by Crippen LogP contribution is 2.24. The van der Waals surface area contributed by atoms with Gasteiger partial charge < -0.3 is 10.4 Å². The second-order valence-electron chi connectivity index (χ2n) is 4.99. The van der Waals surface area contributed by atoms with Crippen LogP contribution < -0.4 is 5.32 Å². The largest absolute Gasteiger partial charge is 0.383 e. The van der Waals surface area contributed by atoms with Crippen LogP contribution in [0.5, 0.6) is 0 Å². The molecule has 0 bridgehead atoms. The van der Waals surface area contributed by atoms with E-state index in [0.717, 1.165) is 10.9 Å². The Hall–Kier alpha value is -1.79. The van der Waals surface area contributed by atoms with Crippen LogP contribution in [0.15, 0.2) is 30.3 Å². The number of hydrogen-bond donors (Lipinski definition) is 2. The predicted octanol–water partition coefficient (Wildman–Crippen LogP) is 2.97. The van der Waals surface area contributed by atoms with Crippen molar-refractivity contribution in [1.82, 2.24) is 5.32 Å². The number of amides is 1. The molecule has 0 spiro atoms. The van der Waals surface area contributed by atoms with E-state index >= 15 is 0 Å². The van der Waals surface area contributed by atoms with Gasteiger partial charge in [-0.15, -0.1) is 11.3 Å². The van der Waals surface area contributed by atoms with Gasteiger partial charge in [0.25, 0.3) is 5.91 Å². The summed E-state index contributed by atoms with van der Waals surface area (Å²) < 4.78 is 26.6. The number of benzene rings is 1. The normalized spacial score (nSPS) is 13.8. The number of aryl methyl sites for hydroxylation is 1. The molecule has 6 heteroatoms. The molecule has 2 aromatic rings. The molecule has 1 amide bonds. The zero-order valence-corrected chi connectivity index (χ0v) is 12.4. The van der Waals surface area contributed by atoms with Gasteiger partial charge in [0.05, 0.1) is 11.4 Å². The van der Waals surface area contributed by atoms with E-state index in [9.17, 15) is 18.7 Å². The van der Waals surface area contributed by atoms with Gasteiger partial charge in [0.1, 0.15) is 17.2 Å². The molecule has 0 radical (unpaired) electrons. The molecule has 0 saturated heterocycles. The van der Waals surface area contributed by atoms with Gasteiger partial charge in [-0.2, -0.15) is 0 Å². The minimum absolute atomic E-state index is 0.0634. The van der Waals surface area contributed by atoms with Gasteiger partial charge in [-0.3, -0.25) is 4.79 Å². The van der Waals surface area contributed by atoms with E-state index in [0.29, 0.717) is 10.9 Å². The topological polar surface area (TPSA) is 49.3 Å². The molecular weight excluding hydrogens is 296 g/mol. The van der Waals surface area contributed by atoms with E-state index in [1.165, 1.54) is 24.3 Å². The summed E-state index contributed by atoms with van der Waals surface area (Å²) in [5, 5.41) is 12.8. The van der Waals surface area contributed by atoms with Gasteiger partial charge in [-0.05, 0) is 32.0 Å². The maximum absolute atomic E-state index is 13.7. The van der Waals surface area contributed by atoms with Crippen LogP contribution in [0, 0.1) is 18.6 Å². The average Bonchev–Trinajstić information content (AvgIpc) is 2.82. The highest BCUT2D eigenvalue weighted by atomic mass is 32.1. The summed E-state index contributed by atoms with van der Waals surface area (Å²) in [4.78, 5) is 13.4. The second-order valence-corrected chi connectivity index (χ2v) is 6.28. The third kappa shape index (κ3) is 3.65. The number of nitrogens with one attached hydrogen (secondary N) is 1. The lowest BCUT2D eigenvalue weighted by Crippen LogP contribution is -2.39. The quantitative estimate of drug-likeness (QED) is 0.912. The number of aliphatic hydroxyl groups is 1. The first kappa shape index (κ1) is 15.6. The lowest BCUT2D eigenvalue weighted by atomic mass is 9.95. The molecular formula is C15H15F2NO2S. The molecule has 0 aliphatic heterocycles. The summed E-state index contributed by atoms with van der Waals surface area (Å²) in [7, 11) is 0. The van der Waals surface area contributed by atoms with Gasteiger partial charge >= 0.3 is 0 Å². The number of thiophene rings is 1. The monoisotopic (exact) mass is 311 g/mol. The van der Waals surface area contributed by atoms with Crippen LogP contribution in [-0.4, -0.2) is 17.6 Å². The van der Waals surface area contributed by atoms with E-state index in [-0.39, 0.29) is 18.0 Å². The summed E-state index contributed by atoms with van der Waals surface area (Å²) in [6, 6.07) is 6.44. The smallest absolute Gasteiger partial charge is 0.261 e. The van der Waals surface area contributed by atoms with E-state index in [2.05, 4.69) is 5.32 Å². The maximum Gasteiger partial charge on any atom is 0.261 e. The number of carbonyl (C=O) groups excluding carboxylic acids is 1. The van der Waals surface area contributed by atoms with Gasteiger partial charge in [0.2, 0.25) is 0 Å². The minimum Gasteiger partial charge on any atom is -0.383 e. The van der Waals surface area contributed by atoms with Crippen molar-refractivity contribution < 1.29 is 18.7 Å². The van der Waals surface area contributed by atoms with Crippen LogP contribution in [-0.2, 0) is 5.60 Å². The van der Waals surface area contributed by atoms with Crippen LogP contribution in [0.1, 0.15) is 27.0 Å². The Labute approximate surface area is 125 Å². The Kier molecular flexibility index (Phi) is 4.39. The van der Waals surface area contributed by atoms with E-state index in [1.54, 1.807) is 6.07 Å². The number of hydrogen-bond acceptors (Lipinski definition) is 3. The van der Waals surface area contributed by atoms with Crippen LogP contribution in [0.2, 0.25) is 0 Å². The van der Waals surface area contributed by atoms with Crippen LogP contribution in [0.4, 0.5) is 8.78 Å². The fraction of sp³-hybridized carbons (Fsp3) is 0.267. The molecule has 0 aliphatic carbocycles. The van der Waals surface area contributed by atoms with Crippen LogP contribution >= 0.6 is 11.3 Å². The molecule has 3 nitrogen and oxygen atoms in total. The molecule has 1 heterocycles. The van der Waals surface area contributed by atoms with Gasteiger partial charge in [-0.1, -0.05) is 6.07 Å². The summed E-state index contributed by atoms with van der Waals surface area (Å²) >= 11 is 1.33. The molecule has 21 heavy (non-hydrogen) atoms. The summed E-state index contributed by atoms with van der Waals surface area (Å²) in [5.41, 5.74) is -1.69. The third-order valence-electron chi connectivity index (χ3n) is 3.07.